The molecular weight excluding hydrogens is 290 g/mol. The lowest BCUT2D eigenvalue weighted by Crippen LogP contribution is -2.27. The van der Waals surface area contributed by atoms with Gasteiger partial charge < -0.3 is 5.73 Å². The molecule has 0 atom stereocenters. The molecular formula is C9H13Cl2FN2O2S. The monoisotopic (exact) mass is 302 g/mol. The molecule has 0 spiro atoms. The summed E-state index contributed by atoms with van der Waals surface area (Å²) < 4.78 is 38.9. The van der Waals surface area contributed by atoms with Crippen LogP contribution >= 0.6 is 24.0 Å². The summed E-state index contributed by atoms with van der Waals surface area (Å²) in [6, 6.07) is 3.71. The zero-order valence-electron chi connectivity index (χ0n) is 8.82. The number of benzene rings is 1. The third-order valence-corrected chi connectivity index (χ3v) is 3.82. The highest BCUT2D eigenvalue weighted by Gasteiger charge is 2.21. The SMILES string of the molecule is Cl.NCCCNS(=O)(=O)c1c(F)cccc1Cl. The molecule has 0 radical (unpaired) electrons. The van der Waals surface area contributed by atoms with E-state index in [0.29, 0.717) is 13.0 Å². The molecule has 0 aromatic heterocycles. The first-order valence-corrected chi connectivity index (χ1v) is 6.49. The molecule has 0 heterocycles. The molecule has 0 unspecified atom stereocenters. The van der Waals surface area contributed by atoms with Crippen LogP contribution in [0.3, 0.4) is 0 Å². The van der Waals surface area contributed by atoms with Gasteiger partial charge in [-0.15, -0.1) is 12.4 Å². The van der Waals surface area contributed by atoms with E-state index >= 15 is 0 Å². The van der Waals surface area contributed by atoms with Crippen LogP contribution in [0.1, 0.15) is 6.42 Å². The standard InChI is InChI=1S/C9H12ClFN2O2S.ClH/c10-7-3-1-4-8(11)9(7)16(14,15)13-6-2-5-12;/h1,3-4,13H,2,5-6,12H2;1H. The zero-order chi connectivity index (χ0) is 12.2. The second kappa shape index (κ2) is 7.13. The topological polar surface area (TPSA) is 72.2 Å². The second-order valence-corrected chi connectivity index (χ2v) is 5.20. The smallest absolute Gasteiger partial charge is 0.244 e. The molecule has 8 heteroatoms. The van der Waals surface area contributed by atoms with Crippen molar-refractivity contribution in [1.29, 1.82) is 0 Å². The molecule has 0 saturated heterocycles. The summed E-state index contributed by atoms with van der Waals surface area (Å²) in [5, 5.41) is -0.139. The lowest BCUT2D eigenvalue weighted by atomic mass is 10.3. The molecule has 17 heavy (non-hydrogen) atoms. The van der Waals surface area contributed by atoms with Crippen LogP contribution in [0.2, 0.25) is 5.02 Å². The van der Waals surface area contributed by atoms with Gasteiger partial charge in [0.1, 0.15) is 10.7 Å². The van der Waals surface area contributed by atoms with E-state index in [2.05, 4.69) is 4.72 Å². The Morgan fingerprint density at radius 3 is 2.59 bits per heavy atom. The van der Waals surface area contributed by atoms with E-state index < -0.39 is 20.7 Å². The Balaban J connectivity index is 0.00000256. The normalized spacial score (nSPS) is 11.0. The Morgan fingerprint density at radius 1 is 1.41 bits per heavy atom. The summed E-state index contributed by atoms with van der Waals surface area (Å²) in [7, 11) is -3.91. The van der Waals surface area contributed by atoms with Crippen molar-refractivity contribution in [1.82, 2.24) is 4.72 Å². The van der Waals surface area contributed by atoms with Gasteiger partial charge in [0.2, 0.25) is 10.0 Å². The van der Waals surface area contributed by atoms with Gasteiger partial charge in [-0.1, -0.05) is 17.7 Å². The maximum Gasteiger partial charge on any atom is 0.244 e. The van der Waals surface area contributed by atoms with Crippen molar-refractivity contribution in [2.45, 2.75) is 11.3 Å². The molecule has 98 valence electrons. The van der Waals surface area contributed by atoms with Gasteiger partial charge in [0.05, 0.1) is 5.02 Å². The van der Waals surface area contributed by atoms with Crippen molar-refractivity contribution in [2.24, 2.45) is 5.73 Å². The van der Waals surface area contributed by atoms with E-state index in [-0.39, 0.29) is 24.0 Å². The first-order valence-electron chi connectivity index (χ1n) is 4.63. The first-order chi connectivity index (χ1) is 7.49. The summed E-state index contributed by atoms with van der Waals surface area (Å²) >= 11 is 5.64. The summed E-state index contributed by atoms with van der Waals surface area (Å²) in [5.74, 6) is -0.868. The largest absolute Gasteiger partial charge is 0.330 e. The molecule has 3 N–H and O–H groups in total. The zero-order valence-corrected chi connectivity index (χ0v) is 11.2. The fraction of sp³-hybridized carbons (Fsp3) is 0.333. The van der Waals surface area contributed by atoms with Crippen LogP contribution in [0.5, 0.6) is 0 Å². The van der Waals surface area contributed by atoms with E-state index in [4.69, 9.17) is 17.3 Å². The number of rotatable bonds is 5. The molecule has 0 bridgehead atoms. The highest BCUT2D eigenvalue weighted by Crippen LogP contribution is 2.23. The summed E-state index contributed by atoms with van der Waals surface area (Å²) in [5.41, 5.74) is 5.22. The Kier molecular flexibility index (Phi) is 6.96. The highest BCUT2D eigenvalue weighted by atomic mass is 35.5. The van der Waals surface area contributed by atoms with Crippen molar-refractivity contribution in [3.05, 3.63) is 29.0 Å². The number of sulfonamides is 1. The van der Waals surface area contributed by atoms with E-state index in [1.54, 1.807) is 0 Å². The van der Waals surface area contributed by atoms with Crippen LogP contribution in [-0.2, 0) is 10.0 Å². The third-order valence-electron chi connectivity index (χ3n) is 1.86. The van der Waals surface area contributed by atoms with Crippen molar-refractivity contribution in [3.8, 4) is 0 Å². The Hall–Kier alpha value is -0.400. The molecule has 4 nitrogen and oxygen atoms in total. The quantitative estimate of drug-likeness (QED) is 0.810. The van der Waals surface area contributed by atoms with Crippen LogP contribution in [0.4, 0.5) is 4.39 Å². The number of hydrogen-bond acceptors (Lipinski definition) is 3. The number of nitrogens with two attached hydrogens (primary N) is 1. The van der Waals surface area contributed by atoms with Gasteiger partial charge in [-0.05, 0) is 25.1 Å². The van der Waals surface area contributed by atoms with Gasteiger partial charge in [0.15, 0.2) is 0 Å². The molecule has 1 aromatic carbocycles. The second-order valence-electron chi connectivity index (χ2n) is 3.09. The Labute approximate surface area is 111 Å². The van der Waals surface area contributed by atoms with Gasteiger partial charge in [-0.3, -0.25) is 0 Å². The average molecular weight is 303 g/mol. The van der Waals surface area contributed by atoms with Crippen molar-refractivity contribution in [2.75, 3.05) is 13.1 Å². The fourth-order valence-electron chi connectivity index (χ4n) is 1.12. The molecule has 0 aliphatic rings. The van der Waals surface area contributed by atoms with Gasteiger partial charge >= 0.3 is 0 Å². The molecule has 0 saturated carbocycles. The van der Waals surface area contributed by atoms with Gasteiger partial charge in [0.25, 0.3) is 0 Å². The van der Waals surface area contributed by atoms with Gasteiger partial charge in [0, 0.05) is 6.54 Å². The van der Waals surface area contributed by atoms with Crippen molar-refractivity contribution >= 4 is 34.0 Å². The van der Waals surface area contributed by atoms with Crippen LogP contribution in [0, 0.1) is 5.82 Å². The van der Waals surface area contributed by atoms with E-state index in [1.165, 1.54) is 12.1 Å². The summed E-state index contributed by atoms with van der Waals surface area (Å²) in [4.78, 5) is -0.520. The molecule has 0 fully saturated rings. The van der Waals surface area contributed by atoms with E-state index in [0.717, 1.165) is 6.07 Å². The maximum absolute atomic E-state index is 13.3. The number of hydrogen-bond donors (Lipinski definition) is 2. The number of nitrogens with one attached hydrogen (secondary N) is 1. The summed E-state index contributed by atoms with van der Waals surface area (Å²) in [6.07, 6.45) is 0.477. The average Bonchev–Trinajstić information content (AvgIpc) is 2.17. The van der Waals surface area contributed by atoms with E-state index in [1.807, 2.05) is 0 Å². The lowest BCUT2D eigenvalue weighted by Gasteiger charge is -2.08. The summed E-state index contributed by atoms with van der Waals surface area (Å²) in [6.45, 7) is 0.511. The highest BCUT2D eigenvalue weighted by molar-refractivity contribution is 7.89. The molecule has 0 amide bonds. The van der Waals surface area contributed by atoms with Crippen LogP contribution < -0.4 is 10.5 Å². The molecule has 1 aromatic rings. The van der Waals surface area contributed by atoms with Gasteiger partial charge in [-0.25, -0.2) is 17.5 Å². The van der Waals surface area contributed by atoms with Gasteiger partial charge in [-0.2, -0.15) is 0 Å². The van der Waals surface area contributed by atoms with Crippen LogP contribution in [0.25, 0.3) is 0 Å². The molecule has 0 aliphatic carbocycles. The Morgan fingerprint density at radius 2 is 2.06 bits per heavy atom. The predicted molar refractivity (Wildman–Crippen MR) is 67.5 cm³/mol. The van der Waals surface area contributed by atoms with E-state index in [9.17, 15) is 12.8 Å². The van der Waals surface area contributed by atoms with Crippen LogP contribution in [0.15, 0.2) is 23.1 Å². The molecule has 1 rings (SSSR count). The maximum atomic E-state index is 13.3. The fourth-order valence-corrected chi connectivity index (χ4v) is 2.79. The predicted octanol–water partition coefficient (Wildman–Crippen LogP) is 1.53. The number of halogens is 3. The van der Waals surface area contributed by atoms with Crippen molar-refractivity contribution < 1.29 is 12.8 Å². The minimum absolute atomic E-state index is 0. The third kappa shape index (κ3) is 4.40. The Bertz CT molecular complexity index is 448. The lowest BCUT2D eigenvalue weighted by molar-refractivity contribution is 0.556. The molecule has 0 aliphatic heterocycles. The minimum Gasteiger partial charge on any atom is -0.330 e. The first kappa shape index (κ1) is 16.6. The van der Waals surface area contributed by atoms with Crippen LogP contribution in [-0.4, -0.2) is 21.5 Å². The minimum atomic E-state index is -3.91. The van der Waals surface area contributed by atoms with Crippen molar-refractivity contribution in [3.63, 3.8) is 0 Å².